The summed E-state index contributed by atoms with van der Waals surface area (Å²) in [6.45, 7) is 4.02. The summed E-state index contributed by atoms with van der Waals surface area (Å²) >= 11 is 0. The zero-order valence-corrected chi connectivity index (χ0v) is 11.3. The van der Waals surface area contributed by atoms with E-state index in [-0.39, 0.29) is 11.8 Å². The minimum absolute atomic E-state index is 0.0434. The second-order valence-electron chi connectivity index (χ2n) is 4.92. The quantitative estimate of drug-likeness (QED) is 0.684. The lowest BCUT2D eigenvalue weighted by Gasteiger charge is -2.29. The maximum atomic E-state index is 12.1. The van der Waals surface area contributed by atoms with Crippen molar-refractivity contribution >= 4 is 11.8 Å². The number of likely N-dealkylation sites (tertiary alicyclic amines) is 1. The van der Waals surface area contributed by atoms with Crippen LogP contribution < -0.4 is 11.1 Å². The highest BCUT2D eigenvalue weighted by Crippen LogP contribution is 2.10. The predicted octanol–water partition coefficient (Wildman–Crippen LogP) is 0.633. The van der Waals surface area contributed by atoms with Gasteiger partial charge in [0, 0.05) is 19.5 Å². The number of unbranched alkanes of at least 4 members (excludes halogenated alkanes) is 1. The summed E-state index contributed by atoms with van der Waals surface area (Å²) < 4.78 is 0. The molecule has 104 valence electrons. The first-order chi connectivity index (χ1) is 8.65. The molecule has 1 fully saturated rings. The van der Waals surface area contributed by atoms with Crippen LogP contribution in [0.3, 0.4) is 0 Å². The van der Waals surface area contributed by atoms with Gasteiger partial charge in [0.1, 0.15) is 6.04 Å². The molecule has 1 aliphatic rings. The largest absolute Gasteiger partial charge is 0.345 e. The molecule has 0 bridgehead atoms. The highest BCUT2D eigenvalue weighted by Gasteiger charge is 2.22. The maximum absolute atomic E-state index is 12.1. The van der Waals surface area contributed by atoms with Crippen molar-refractivity contribution in [3.8, 4) is 0 Å². The summed E-state index contributed by atoms with van der Waals surface area (Å²) in [6.07, 6.45) is 5.43. The average molecular weight is 255 g/mol. The van der Waals surface area contributed by atoms with Gasteiger partial charge in [0.2, 0.25) is 11.8 Å². The van der Waals surface area contributed by atoms with Crippen LogP contribution in [0.5, 0.6) is 0 Å². The molecule has 1 rings (SSSR count). The van der Waals surface area contributed by atoms with Gasteiger partial charge in [-0.25, -0.2) is 0 Å². The van der Waals surface area contributed by atoms with Gasteiger partial charge in [0.25, 0.3) is 0 Å². The number of hydrogen-bond donors (Lipinski definition) is 2. The van der Waals surface area contributed by atoms with Gasteiger partial charge in [0.15, 0.2) is 0 Å². The van der Waals surface area contributed by atoms with Gasteiger partial charge >= 0.3 is 0 Å². The first-order valence-corrected chi connectivity index (χ1v) is 6.93. The lowest BCUT2D eigenvalue weighted by Crippen LogP contribution is -2.48. The molecule has 0 radical (unpaired) electrons. The smallest absolute Gasteiger partial charge is 0.244 e. The zero-order chi connectivity index (χ0) is 13.4. The molecule has 2 amide bonds. The van der Waals surface area contributed by atoms with Crippen molar-refractivity contribution in [2.45, 2.75) is 51.5 Å². The van der Waals surface area contributed by atoms with Crippen molar-refractivity contribution in [1.82, 2.24) is 10.2 Å². The molecule has 0 aliphatic carbocycles. The summed E-state index contributed by atoms with van der Waals surface area (Å²) in [7, 11) is 0. The van der Waals surface area contributed by atoms with Crippen LogP contribution in [0.4, 0.5) is 0 Å². The Morgan fingerprint density at radius 1 is 1.22 bits per heavy atom. The van der Waals surface area contributed by atoms with E-state index in [1.807, 2.05) is 4.90 Å². The van der Waals surface area contributed by atoms with Crippen LogP contribution in [-0.4, -0.2) is 42.4 Å². The van der Waals surface area contributed by atoms with Crippen LogP contribution in [-0.2, 0) is 9.59 Å². The number of rotatable bonds is 6. The topological polar surface area (TPSA) is 75.4 Å². The van der Waals surface area contributed by atoms with E-state index < -0.39 is 6.04 Å². The average Bonchev–Trinajstić information content (AvgIpc) is 2.39. The van der Waals surface area contributed by atoms with Crippen molar-refractivity contribution < 1.29 is 9.59 Å². The number of hydrogen-bond acceptors (Lipinski definition) is 3. The molecule has 1 unspecified atom stereocenters. The Bertz CT molecular complexity index is 275. The van der Waals surface area contributed by atoms with Gasteiger partial charge in [-0.15, -0.1) is 0 Å². The summed E-state index contributed by atoms with van der Waals surface area (Å²) in [5, 5.41) is 2.76. The van der Waals surface area contributed by atoms with Crippen LogP contribution in [0.15, 0.2) is 0 Å². The Morgan fingerprint density at radius 3 is 2.50 bits per heavy atom. The molecule has 1 aliphatic heterocycles. The monoisotopic (exact) mass is 255 g/mol. The molecule has 5 nitrogen and oxygen atoms in total. The van der Waals surface area contributed by atoms with Crippen LogP contribution in [0.1, 0.15) is 45.4 Å². The van der Waals surface area contributed by atoms with E-state index in [0.29, 0.717) is 13.0 Å². The molecular formula is C13H25N3O2. The maximum Gasteiger partial charge on any atom is 0.244 e. The van der Waals surface area contributed by atoms with E-state index >= 15 is 0 Å². The summed E-state index contributed by atoms with van der Waals surface area (Å²) in [4.78, 5) is 25.5. The molecule has 1 atom stereocenters. The zero-order valence-electron chi connectivity index (χ0n) is 11.3. The molecule has 5 heteroatoms. The third-order valence-electron chi connectivity index (χ3n) is 3.27. The van der Waals surface area contributed by atoms with Crippen molar-refractivity contribution in [3.63, 3.8) is 0 Å². The van der Waals surface area contributed by atoms with Gasteiger partial charge in [0.05, 0.1) is 0 Å². The van der Waals surface area contributed by atoms with Gasteiger partial charge in [-0.2, -0.15) is 0 Å². The van der Waals surface area contributed by atoms with Gasteiger partial charge < -0.3 is 16.0 Å². The molecule has 18 heavy (non-hydrogen) atoms. The summed E-state index contributed by atoms with van der Waals surface area (Å²) in [5.74, 6) is -0.0109. The van der Waals surface area contributed by atoms with Crippen LogP contribution in [0, 0.1) is 0 Å². The number of piperidine rings is 1. The van der Waals surface area contributed by atoms with Crippen LogP contribution in [0.25, 0.3) is 0 Å². The van der Waals surface area contributed by atoms with Crippen molar-refractivity contribution in [2.24, 2.45) is 5.73 Å². The predicted molar refractivity (Wildman–Crippen MR) is 70.9 cm³/mol. The van der Waals surface area contributed by atoms with Crippen molar-refractivity contribution in [1.29, 1.82) is 0 Å². The third-order valence-corrected chi connectivity index (χ3v) is 3.27. The second-order valence-corrected chi connectivity index (χ2v) is 4.92. The number of carbonyl (C=O) groups excluding carboxylic acids is 2. The molecule has 1 heterocycles. The molecule has 0 aromatic carbocycles. The van der Waals surface area contributed by atoms with Gasteiger partial charge in [-0.05, 0) is 45.6 Å². The van der Waals surface area contributed by atoms with Gasteiger partial charge in [-0.1, -0.05) is 0 Å². The minimum Gasteiger partial charge on any atom is -0.345 e. The SMILES string of the molecule is CC(NC(=O)CCCCN)C(=O)N1CCCCC1. The fourth-order valence-electron chi connectivity index (χ4n) is 2.19. The van der Waals surface area contributed by atoms with E-state index in [9.17, 15) is 9.59 Å². The minimum atomic E-state index is -0.409. The lowest BCUT2D eigenvalue weighted by molar-refractivity contribution is -0.136. The number of nitrogens with zero attached hydrogens (tertiary/aromatic N) is 1. The number of amides is 2. The Kier molecular flexibility index (Phi) is 6.72. The number of nitrogens with two attached hydrogens (primary N) is 1. The van der Waals surface area contributed by atoms with Crippen LogP contribution in [0.2, 0.25) is 0 Å². The first kappa shape index (κ1) is 15.0. The standard InChI is InChI=1S/C13H25N3O2/c1-11(15-12(17)7-3-4-8-14)13(18)16-9-5-2-6-10-16/h11H,2-10,14H2,1H3,(H,15,17). The number of nitrogens with one attached hydrogen (secondary N) is 1. The Balaban J connectivity index is 2.27. The lowest BCUT2D eigenvalue weighted by atomic mass is 10.1. The van der Waals surface area contributed by atoms with E-state index in [2.05, 4.69) is 5.32 Å². The van der Waals surface area contributed by atoms with E-state index in [4.69, 9.17) is 5.73 Å². The fourth-order valence-corrected chi connectivity index (χ4v) is 2.19. The summed E-state index contributed by atoms with van der Waals surface area (Å²) in [6, 6.07) is -0.409. The molecule has 0 aromatic rings. The molecule has 3 N–H and O–H groups in total. The Hall–Kier alpha value is -1.10. The molecular weight excluding hydrogens is 230 g/mol. The van der Waals surface area contributed by atoms with E-state index in [1.54, 1.807) is 6.92 Å². The molecule has 1 saturated heterocycles. The number of carbonyl (C=O) groups is 2. The molecule has 0 aromatic heterocycles. The Labute approximate surface area is 109 Å². The molecule has 0 spiro atoms. The highest BCUT2D eigenvalue weighted by molar-refractivity contribution is 5.87. The second kappa shape index (κ2) is 8.08. The fraction of sp³-hybridized carbons (Fsp3) is 0.846. The Morgan fingerprint density at radius 2 is 1.89 bits per heavy atom. The highest BCUT2D eigenvalue weighted by atomic mass is 16.2. The molecule has 0 saturated carbocycles. The van der Waals surface area contributed by atoms with Gasteiger partial charge in [-0.3, -0.25) is 9.59 Å². The summed E-state index contributed by atoms with van der Waals surface area (Å²) in [5.41, 5.74) is 5.37. The van der Waals surface area contributed by atoms with E-state index in [1.165, 1.54) is 6.42 Å². The normalized spacial score (nSPS) is 17.3. The van der Waals surface area contributed by atoms with E-state index in [0.717, 1.165) is 38.8 Å². The van der Waals surface area contributed by atoms with Crippen LogP contribution >= 0.6 is 0 Å². The first-order valence-electron chi connectivity index (χ1n) is 6.93. The van der Waals surface area contributed by atoms with Crippen molar-refractivity contribution in [3.05, 3.63) is 0 Å². The van der Waals surface area contributed by atoms with Crippen molar-refractivity contribution in [2.75, 3.05) is 19.6 Å². The third kappa shape index (κ3) is 5.04.